The Balaban J connectivity index is 1.96. The fourth-order valence-corrected chi connectivity index (χ4v) is 4.55. The molecule has 2 aliphatic rings. The van der Waals surface area contributed by atoms with Gasteiger partial charge >= 0.3 is 0 Å². The lowest BCUT2D eigenvalue weighted by Crippen LogP contribution is -2.48. The largest absolute Gasteiger partial charge is 0.313 e. The number of hydrogen-bond donors (Lipinski definition) is 1. The molecule has 3 atom stereocenters. The second kappa shape index (κ2) is 7.26. The summed E-state index contributed by atoms with van der Waals surface area (Å²) in [5.41, 5.74) is 0.538. The molecule has 3 unspecified atom stereocenters. The molecule has 1 aliphatic heterocycles. The van der Waals surface area contributed by atoms with Gasteiger partial charge in [0, 0.05) is 18.6 Å². The molecule has 0 aromatic rings. The van der Waals surface area contributed by atoms with Crippen molar-refractivity contribution in [3.05, 3.63) is 0 Å². The average molecular weight is 280 g/mol. The van der Waals surface area contributed by atoms with Crippen LogP contribution in [0.4, 0.5) is 0 Å². The molecule has 118 valence electrons. The van der Waals surface area contributed by atoms with Crippen molar-refractivity contribution in [1.82, 2.24) is 10.2 Å². The van der Waals surface area contributed by atoms with Crippen LogP contribution in [0.1, 0.15) is 72.6 Å². The Kier molecular flexibility index (Phi) is 5.92. The monoisotopic (exact) mass is 280 g/mol. The van der Waals surface area contributed by atoms with Crippen LogP contribution in [0.5, 0.6) is 0 Å². The van der Waals surface area contributed by atoms with Crippen LogP contribution in [0.25, 0.3) is 0 Å². The van der Waals surface area contributed by atoms with Crippen LogP contribution < -0.4 is 5.32 Å². The molecular formula is C18H36N2. The molecule has 2 rings (SSSR count). The standard InChI is InChI=1S/C18H36N2/c1-5-6-10-20(14-16-8-7-9-19-16)17-11-15(2)12-18(3,4)13-17/h15-17,19H,5-14H2,1-4H3. The van der Waals surface area contributed by atoms with Gasteiger partial charge in [0.2, 0.25) is 0 Å². The summed E-state index contributed by atoms with van der Waals surface area (Å²) < 4.78 is 0. The minimum Gasteiger partial charge on any atom is -0.313 e. The molecule has 0 bridgehead atoms. The summed E-state index contributed by atoms with van der Waals surface area (Å²) in [6.45, 7) is 13.6. The zero-order valence-corrected chi connectivity index (χ0v) is 14.3. The molecule has 0 spiro atoms. The SMILES string of the molecule is CCCCN(CC1CCCN1)C1CC(C)CC(C)(C)C1. The highest BCUT2D eigenvalue weighted by Gasteiger charge is 2.35. The van der Waals surface area contributed by atoms with Gasteiger partial charge < -0.3 is 5.32 Å². The Bertz CT molecular complexity index is 281. The normalized spacial score (nSPS) is 33.8. The van der Waals surface area contributed by atoms with Gasteiger partial charge in [-0.1, -0.05) is 34.1 Å². The van der Waals surface area contributed by atoms with Crippen LogP contribution >= 0.6 is 0 Å². The topological polar surface area (TPSA) is 15.3 Å². The summed E-state index contributed by atoms with van der Waals surface area (Å²) in [5, 5.41) is 3.69. The molecule has 20 heavy (non-hydrogen) atoms. The molecule has 0 aromatic heterocycles. The van der Waals surface area contributed by atoms with Crippen LogP contribution in [-0.4, -0.2) is 36.6 Å². The lowest BCUT2D eigenvalue weighted by Gasteiger charge is -2.44. The van der Waals surface area contributed by atoms with Crippen molar-refractivity contribution in [2.45, 2.75) is 84.7 Å². The second-order valence-corrected chi connectivity index (χ2v) is 8.21. The average Bonchev–Trinajstić information content (AvgIpc) is 2.84. The molecular weight excluding hydrogens is 244 g/mol. The summed E-state index contributed by atoms with van der Waals surface area (Å²) >= 11 is 0. The maximum atomic E-state index is 3.69. The minimum absolute atomic E-state index is 0.538. The number of nitrogens with zero attached hydrogens (tertiary/aromatic N) is 1. The Morgan fingerprint density at radius 2 is 2.05 bits per heavy atom. The van der Waals surface area contributed by atoms with Gasteiger partial charge in [0.15, 0.2) is 0 Å². The number of nitrogens with one attached hydrogen (secondary N) is 1. The van der Waals surface area contributed by atoms with Crippen molar-refractivity contribution in [1.29, 1.82) is 0 Å². The first-order valence-electron chi connectivity index (χ1n) is 8.97. The third-order valence-corrected chi connectivity index (χ3v) is 5.30. The van der Waals surface area contributed by atoms with E-state index < -0.39 is 0 Å². The van der Waals surface area contributed by atoms with Crippen molar-refractivity contribution in [2.75, 3.05) is 19.6 Å². The first-order valence-corrected chi connectivity index (χ1v) is 8.97. The molecule has 0 amide bonds. The molecule has 1 aliphatic carbocycles. The van der Waals surface area contributed by atoms with E-state index >= 15 is 0 Å². The van der Waals surface area contributed by atoms with Gasteiger partial charge in [-0.15, -0.1) is 0 Å². The Labute approximate surface area is 126 Å². The van der Waals surface area contributed by atoms with E-state index in [0.29, 0.717) is 5.41 Å². The maximum absolute atomic E-state index is 3.69. The number of rotatable bonds is 6. The summed E-state index contributed by atoms with van der Waals surface area (Å²) in [4.78, 5) is 2.84. The van der Waals surface area contributed by atoms with Crippen molar-refractivity contribution in [2.24, 2.45) is 11.3 Å². The van der Waals surface area contributed by atoms with Crippen LogP contribution in [0, 0.1) is 11.3 Å². The summed E-state index contributed by atoms with van der Waals surface area (Å²) in [6, 6.07) is 1.58. The fourth-order valence-electron chi connectivity index (χ4n) is 4.55. The first kappa shape index (κ1) is 16.3. The molecule has 2 heteroatoms. The van der Waals surface area contributed by atoms with E-state index in [1.165, 1.54) is 64.6 Å². The third kappa shape index (κ3) is 4.73. The molecule has 2 nitrogen and oxygen atoms in total. The van der Waals surface area contributed by atoms with Crippen molar-refractivity contribution < 1.29 is 0 Å². The molecule has 0 radical (unpaired) electrons. The van der Waals surface area contributed by atoms with Crippen LogP contribution in [-0.2, 0) is 0 Å². The minimum atomic E-state index is 0.538. The highest BCUT2D eigenvalue weighted by Crippen LogP contribution is 2.40. The molecule has 1 heterocycles. The van der Waals surface area contributed by atoms with Gasteiger partial charge in [0.05, 0.1) is 0 Å². The van der Waals surface area contributed by atoms with E-state index in [1.807, 2.05) is 0 Å². The van der Waals surface area contributed by atoms with Crippen molar-refractivity contribution in [3.8, 4) is 0 Å². The second-order valence-electron chi connectivity index (χ2n) is 8.21. The van der Waals surface area contributed by atoms with E-state index in [4.69, 9.17) is 0 Å². The van der Waals surface area contributed by atoms with E-state index in [9.17, 15) is 0 Å². The van der Waals surface area contributed by atoms with E-state index in [2.05, 4.69) is 37.9 Å². The maximum Gasteiger partial charge on any atom is 0.0195 e. The molecule has 1 saturated heterocycles. The van der Waals surface area contributed by atoms with Gasteiger partial charge in [-0.05, 0) is 62.9 Å². The predicted molar refractivity (Wildman–Crippen MR) is 88.1 cm³/mol. The van der Waals surface area contributed by atoms with Gasteiger partial charge in [0.1, 0.15) is 0 Å². The van der Waals surface area contributed by atoms with E-state index in [0.717, 1.165) is 18.0 Å². The van der Waals surface area contributed by atoms with Crippen LogP contribution in [0.3, 0.4) is 0 Å². The summed E-state index contributed by atoms with van der Waals surface area (Å²) in [5.74, 6) is 0.893. The van der Waals surface area contributed by atoms with Crippen molar-refractivity contribution in [3.63, 3.8) is 0 Å². The summed E-state index contributed by atoms with van der Waals surface area (Å²) in [6.07, 6.45) is 9.66. The van der Waals surface area contributed by atoms with Gasteiger partial charge in [0.25, 0.3) is 0 Å². The molecule has 0 aromatic carbocycles. The predicted octanol–water partition coefficient (Wildman–Crippen LogP) is 4.06. The number of unbranched alkanes of at least 4 members (excludes halogenated alkanes) is 1. The lowest BCUT2D eigenvalue weighted by atomic mass is 9.70. The van der Waals surface area contributed by atoms with Gasteiger partial charge in [-0.3, -0.25) is 4.90 Å². The molecule has 1 saturated carbocycles. The zero-order valence-electron chi connectivity index (χ0n) is 14.3. The number of hydrogen-bond acceptors (Lipinski definition) is 2. The fraction of sp³-hybridized carbons (Fsp3) is 1.00. The Morgan fingerprint density at radius 3 is 2.65 bits per heavy atom. The van der Waals surface area contributed by atoms with E-state index in [1.54, 1.807) is 0 Å². The summed E-state index contributed by atoms with van der Waals surface area (Å²) in [7, 11) is 0. The quantitative estimate of drug-likeness (QED) is 0.789. The highest BCUT2D eigenvalue weighted by atomic mass is 15.2. The van der Waals surface area contributed by atoms with Crippen LogP contribution in [0.15, 0.2) is 0 Å². The van der Waals surface area contributed by atoms with Gasteiger partial charge in [-0.2, -0.15) is 0 Å². The Hall–Kier alpha value is -0.0800. The van der Waals surface area contributed by atoms with Gasteiger partial charge in [-0.25, -0.2) is 0 Å². The zero-order chi connectivity index (χ0) is 14.6. The first-order chi connectivity index (χ1) is 9.50. The van der Waals surface area contributed by atoms with Crippen molar-refractivity contribution >= 4 is 0 Å². The lowest BCUT2D eigenvalue weighted by molar-refractivity contribution is 0.0607. The smallest absolute Gasteiger partial charge is 0.0195 e. The molecule has 2 fully saturated rings. The highest BCUT2D eigenvalue weighted by molar-refractivity contribution is 4.90. The van der Waals surface area contributed by atoms with E-state index in [-0.39, 0.29) is 0 Å². The third-order valence-electron chi connectivity index (χ3n) is 5.30. The Morgan fingerprint density at radius 1 is 1.25 bits per heavy atom. The van der Waals surface area contributed by atoms with Crippen LogP contribution in [0.2, 0.25) is 0 Å². The molecule has 1 N–H and O–H groups in total.